The van der Waals surface area contributed by atoms with Crippen molar-refractivity contribution in [1.82, 2.24) is 0 Å². The molecule has 0 bridgehead atoms. The molecule has 7 heteroatoms. The molecule has 0 aliphatic heterocycles. The van der Waals surface area contributed by atoms with Crippen molar-refractivity contribution < 1.29 is 13.9 Å². The van der Waals surface area contributed by atoms with Crippen molar-refractivity contribution in [2.45, 2.75) is 70.6 Å². The number of nitrogen functional groups attached to an aromatic ring is 2. The van der Waals surface area contributed by atoms with Crippen molar-refractivity contribution in [3.8, 4) is 11.5 Å². The van der Waals surface area contributed by atoms with Crippen molar-refractivity contribution in [1.29, 1.82) is 0 Å². The highest BCUT2D eigenvalue weighted by molar-refractivity contribution is 6.82. The lowest BCUT2D eigenvalue weighted by atomic mass is 10.2. The van der Waals surface area contributed by atoms with Gasteiger partial charge in [-0.15, -0.1) is 0 Å². The van der Waals surface area contributed by atoms with Crippen LogP contribution in [0.3, 0.4) is 0 Å². The molecular weight excluding hydrogens is 432 g/mol. The first-order valence-electron chi connectivity index (χ1n) is 11.6. The third kappa shape index (κ3) is 6.53. The fraction of sp³-hybridized carbons (Fsp3) is 0.520. The van der Waals surface area contributed by atoms with Gasteiger partial charge in [0, 0.05) is 22.1 Å². The Labute approximate surface area is 196 Å². The van der Waals surface area contributed by atoms with Crippen LogP contribution in [0, 0.1) is 0 Å². The van der Waals surface area contributed by atoms with E-state index in [0.717, 1.165) is 35.7 Å². The average Bonchev–Trinajstić information content (AvgIpc) is 2.76. The Kier molecular flexibility index (Phi) is 8.85. The Bertz CT molecular complexity index is 835. The summed E-state index contributed by atoms with van der Waals surface area (Å²) in [6, 6.07) is 15.2. The molecule has 32 heavy (non-hydrogen) atoms. The number of ether oxygens (including phenoxy) is 2. The smallest absolute Gasteiger partial charge is 0.193 e. The summed E-state index contributed by atoms with van der Waals surface area (Å²) in [7, 11) is -3.99. The molecule has 0 spiro atoms. The van der Waals surface area contributed by atoms with Crippen LogP contribution < -0.4 is 20.9 Å². The maximum atomic E-state index is 7.17. The van der Waals surface area contributed by atoms with Crippen LogP contribution in [0.4, 0.5) is 11.4 Å². The minimum absolute atomic E-state index is 0.147. The summed E-state index contributed by atoms with van der Waals surface area (Å²) in [6.45, 7) is 16.8. The first kappa shape index (κ1) is 26.3. The molecule has 2 rings (SSSR count). The SMILES string of the molecule is CCC(CC)(O[Si](C)(C)[C@H](C)COc1ccc(N)cc1)[Si](C)(C)COc1ccc(N)cc1. The van der Waals surface area contributed by atoms with Gasteiger partial charge in [0.2, 0.25) is 0 Å². The number of hydrogen-bond donors (Lipinski definition) is 2. The van der Waals surface area contributed by atoms with E-state index in [9.17, 15) is 0 Å². The van der Waals surface area contributed by atoms with E-state index in [1.807, 2.05) is 48.5 Å². The minimum atomic E-state index is -2.06. The first-order chi connectivity index (χ1) is 14.9. The number of anilines is 2. The van der Waals surface area contributed by atoms with Crippen LogP contribution in [0.25, 0.3) is 0 Å². The molecule has 178 valence electrons. The normalized spacial score (nSPS) is 13.6. The Morgan fingerprint density at radius 3 is 1.66 bits per heavy atom. The second-order valence-electron chi connectivity index (χ2n) is 9.93. The van der Waals surface area contributed by atoms with Gasteiger partial charge < -0.3 is 25.4 Å². The van der Waals surface area contributed by atoms with Gasteiger partial charge in [0.1, 0.15) is 19.6 Å². The van der Waals surface area contributed by atoms with Crippen LogP contribution in [0.2, 0.25) is 31.7 Å². The molecule has 0 unspecified atom stereocenters. The molecule has 0 saturated carbocycles. The van der Waals surface area contributed by atoms with Crippen LogP contribution in [0.1, 0.15) is 33.6 Å². The van der Waals surface area contributed by atoms with Crippen LogP contribution in [0.5, 0.6) is 11.5 Å². The van der Waals surface area contributed by atoms with Gasteiger partial charge in [0.15, 0.2) is 8.32 Å². The van der Waals surface area contributed by atoms with Crippen molar-refractivity contribution in [3.63, 3.8) is 0 Å². The van der Waals surface area contributed by atoms with E-state index >= 15 is 0 Å². The quantitative estimate of drug-likeness (QED) is 0.280. The second kappa shape index (κ2) is 10.8. The standard InChI is InChI=1S/C25H42N2O3Si2/c1-8-25(9-2,31(4,5)19-29-24-16-12-22(27)13-17-24)30-32(6,7)20(3)18-28-23-14-10-21(26)11-15-23/h10-17,20H,8-9,18-19,26-27H2,1-7H3/t20-/m1/s1. The van der Waals surface area contributed by atoms with Crippen LogP contribution in [0.15, 0.2) is 48.5 Å². The molecule has 0 amide bonds. The van der Waals surface area contributed by atoms with Gasteiger partial charge in [-0.2, -0.15) is 0 Å². The van der Waals surface area contributed by atoms with Crippen molar-refractivity contribution in [2.24, 2.45) is 0 Å². The first-order valence-corrected chi connectivity index (χ1v) is 17.8. The summed E-state index contributed by atoms with van der Waals surface area (Å²) in [6.07, 6.45) is 2.67. The Morgan fingerprint density at radius 2 is 1.22 bits per heavy atom. The minimum Gasteiger partial charge on any atom is -0.497 e. The van der Waals surface area contributed by atoms with E-state index < -0.39 is 16.4 Å². The van der Waals surface area contributed by atoms with Gasteiger partial charge in [-0.3, -0.25) is 0 Å². The predicted octanol–water partition coefficient (Wildman–Crippen LogP) is 6.27. The number of nitrogens with two attached hydrogens (primary N) is 2. The molecule has 0 aliphatic carbocycles. The highest BCUT2D eigenvalue weighted by Gasteiger charge is 2.50. The lowest BCUT2D eigenvalue weighted by molar-refractivity contribution is 0.113. The highest BCUT2D eigenvalue weighted by Crippen LogP contribution is 2.38. The van der Waals surface area contributed by atoms with E-state index in [1.165, 1.54) is 0 Å². The summed E-state index contributed by atoms with van der Waals surface area (Å²) in [5, 5.41) is -0.147. The molecule has 0 heterocycles. The van der Waals surface area contributed by atoms with Gasteiger partial charge in [-0.05, 0) is 74.5 Å². The third-order valence-electron chi connectivity index (χ3n) is 6.88. The molecule has 0 aromatic heterocycles. The third-order valence-corrected chi connectivity index (χ3v) is 14.7. The molecule has 2 aromatic carbocycles. The van der Waals surface area contributed by atoms with Crippen molar-refractivity contribution >= 4 is 27.8 Å². The lowest BCUT2D eigenvalue weighted by Crippen LogP contribution is -2.63. The number of hydrogen-bond acceptors (Lipinski definition) is 5. The van der Waals surface area contributed by atoms with E-state index in [4.69, 9.17) is 25.4 Å². The van der Waals surface area contributed by atoms with Crippen molar-refractivity contribution in [2.75, 3.05) is 24.3 Å². The van der Waals surface area contributed by atoms with Gasteiger partial charge in [0.25, 0.3) is 0 Å². The highest BCUT2D eigenvalue weighted by atomic mass is 28.4. The van der Waals surface area contributed by atoms with E-state index in [1.54, 1.807) is 0 Å². The maximum absolute atomic E-state index is 7.17. The molecule has 5 nitrogen and oxygen atoms in total. The summed E-state index contributed by atoms with van der Waals surface area (Å²) in [5.74, 6) is 1.71. The zero-order valence-electron chi connectivity index (χ0n) is 20.9. The summed E-state index contributed by atoms with van der Waals surface area (Å²) < 4.78 is 19.5. The number of benzene rings is 2. The fourth-order valence-electron chi connectivity index (χ4n) is 4.04. The van der Waals surface area contributed by atoms with E-state index in [-0.39, 0.29) is 5.22 Å². The maximum Gasteiger partial charge on any atom is 0.193 e. The van der Waals surface area contributed by atoms with Crippen LogP contribution in [-0.4, -0.2) is 34.5 Å². The van der Waals surface area contributed by atoms with Crippen LogP contribution in [-0.2, 0) is 4.43 Å². The van der Waals surface area contributed by atoms with Crippen molar-refractivity contribution in [3.05, 3.63) is 48.5 Å². The molecule has 0 aliphatic rings. The molecule has 2 aromatic rings. The van der Waals surface area contributed by atoms with E-state index in [2.05, 4.69) is 47.0 Å². The largest absolute Gasteiger partial charge is 0.497 e. The Hall–Kier alpha value is -1.97. The molecule has 0 saturated heterocycles. The zero-order chi connectivity index (χ0) is 24.0. The summed E-state index contributed by atoms with van der Waals surface area (Å²) >= 11 is 0. The van der Waals surface area contributed by atoms with Crippen LogP contribution >= 0.6 is 0 Å². The van der Waals surface area contributed by atoms with Gasteiger partial charge >= 0.3 is 0 Å². The molecular formula is C25H42N2O3Si2. The van der Waals surface area contributed by atoms with Gasteiger partial charge in [-0.1, -0.05) is 33.9 Å². The van der Waals surface area contributed by atoms with Gasteiger partial charge in [0.05, 0.1) is 12.8 Å². The topological polar surface area (TPSA) is 79.7 Å². The monoisotopic (exact) mass is 474 g/mol. The fourth-order valence-corrected chi connectivity index (χ4v) is 10.6. The molecule has 0 radical (unpaired) electrons. The molecule has 0 fully saturated rings. The second-order valence-corrected chi connectivity index (χ2v) is 19.3. The number of rotatable bonds is 12. The van der Waals surface area contributed by atoms with Gasteiger partial charge in [-0.25, -0.2) is 0 Å². The molecule has 4 N–H and O–H groups in total. The molecule has 1 atom stereocenters. The summed E-state index contributed by atoms with van der Waals surface area (Å²) in [4.78, 5) is 0. The zero-order valence-corrected chi connectivity index (χ0v) is 22.9. The Balaban J connectivity index is 2.09. The summed E-state index contributed by atoms with van der Waals surface area (Å²) in [5.41, 5.74) is 13.4. The lowest BCUT2D eigenvalue weighted by Gasteiger charge is -2.49. The average molecular weight is 475 g/mol. The Morgan fingerprint density at radius 1 is 0.781 bits per heavy atom. The van der Waals surface area contributed by atoms with E-state index in [0.29, 0.717) is 18.4 Å². The predicted molar refractivity (Wildman–Crippen MR) is 141 cm³/mol.